The maximum atomic E-state index is 12.6. The molecule has 0 fully saturated rings. The van der Waals surface area contributed by atoms with Crippen LogP contribution < -0.4 is 16.6 Å². The van der Waals surface area contributed by atoms with Crippen LogP contribution in [0.15, 0.2) is 18.2 Å². The number of rotatable bonds is 5. The van der Waals surface area contributed by atoms with Gasteiger partial charge >= 0.3 is 6.18 Å². The molecule has 1 atom stereocenters. The number of nitrogen functional groups attached to an aromatic ring is 1. The van der Waals surface area contributed by atoms with Crippen molar-refractivity contribution in [3.63, 3.8) is 0 Å². The first kappa shape index (κ1) is 16.4. The zero-order valence-electron chi connectivity index (χ0n) is 10.6. The Bertz CT molecular complexity index is 520. The summed E-state index contributed by atoms with van der Waals surface area (Å²) in [5.74, 6) is 4.67. The third-order valence-corrected chi connectivity index (χ3v) is 3.20. The van der Waals surface area contributed by atoms with Crippen molar-refractivity contribution in [3.8, 4) is 0 Å². The van der Waals surface area contributed by atoms with E-state index in [0.29, 0.717) is 6.07 Å². The van der Waals surface area contributed by atoms with Gasteiger partial charge in [0, 0.05) is 29.4 Å². The van der Waals surface area contributed by atoms with Gasteiger partial charge in [-0.2, -0.15) is 13.2 Å². The lowest BCUT2D eigenvalue weighted by Crippen LogP contribution is -2.29. The van der Waals surface area contributed by atoms with Gasteiger partial charge in [-0.1, -0.05) is 0 Å². The maximum Gasteiger partial charge on any atom is 0.416 e. The largest absolute Gasteiger partial charge is 0.416 e. The second-order valence-electron chi connectivity index (χ2n) is 3.94. The van der Waals surface area contributed by atoms with Crippen LogP contribution >= 0.6 is 0 Å². The molecule has 0 bridgehead atoms. The monoisotopic (exact) mass is 309 g/mol. The highest BCUT2D eigenvalue weighted by Crippen LogP contribution is 2.31. The van der Waals surface area contributed by atoms with Gasteiger partial charge in [-0.3, -0.25) is 14.8 Å². The van der Waals surface area contributed by atoms with Crippen LogP contribution in [0.2, 0.25) is 0 Å². The van der Waals surface area contributed by atoms with Crippen LogP contribution in [-0.4, -0.2) is 28.7 Å². The molecule has 0 radical (unpaired) electrons. The summed E-state index contributed by atoms with van der Waals surface area (Å²) in [5.41, 5.74) is 1.08. The van der Waals surface area contributed by atoms with Crippen molar-refractivity contribution >= 4 is 22.4 Å². The summed E-state index contributed by atoms with van der Waals surface area (Å²) in [5, 5.41) is 2.39. The Kier molecular flexibility index (Phi) is 5.52. The van der Waals surface area contributed by atoms with E-state index in [4.69, 9.17) is 5.84 Å². The third-order valence-electron chi connectivity index (χ3n) is 2.42. The Morgan fingerprint density at radius 1 is 1.40 bits per heavy atom. The molecule has 0 saturated heterocycles. The first-order valence-corrected chi connectivity index (χ1v) is 7.24. The number of carbonyl (C=O) groups excluding carboxylic acids is 1. The summed E-state index contributed by atoms with van der Waals surface area (Å²) in [6.07, 6.45) is -3.09. The Balaban J connectivity index is 2.96. The lowest BCUT2D eigenvalue weighted by Gasteiger charge is -2.13. The Hall–Kier alpha value is -1.61. The Morgan fingerprint density at radius 2 is 2.05 bits per heavy atom. The molecule has 0 saturated carbocycles. The molecule has 112 valence electrons. The molecular weight excluding hydrogens is 295 g/mol. The number of nitrogens with one attached hydrogen (secondary N) is 2. The fourth-order valence-electron chi connectivity index (χ4n) is 1.44. The Labute approximate surface area is 116 Å². The summed E-state index contributed by atoms with van der Waals surface area (Å²) in [6.45, 7) is 0.0994. The molecule has 20 heavy (non-hydrogen) atoms. The minimum absolute atomic E-state index is 0.0770. The molecule has 0 aliphatic rings. The number of amides is 1. The summed E-state index contributed by atoms with van der Waals surface area (Å²) in [6, 6.07) is 2.62. The summed E-state index contributed by atoms with van der Waals surface area (Å²) < 4.78 is 48.7. The van der Waals surface area contributed by atoms with Gasteiger partial charge in [0.25, 0.3) is 5.91 Å². The van der Waals surface area contributed by atoms with Crippen LogP contribution in [-0.2, 0) is 17.0 Å². The highest BCUT2D eigenvalue weighted by Gasteiger charge is 2.31. The van der Waals surface area contributed by atoms with Crippen molar-refractivity contribution in [1.82, 2.24) is 5.32 Å². The van der Waals surface area contributed by atoms with Crippen molar-refractivity contribution < 1.29 is 22.2 Å². The molecule has 5 nitrogen and oxygen atoms in total. The number of benzene rings is 1. The topological polar surface area (TPSA) is 84.2 Å². The van der Waals surface area contributed by atoms with Gasteiger partial charge in [0.2, 0.25) is 0 Å². The first-order chi connectivity index (χ1) is 9.25. The van der Waals surface area contributed by atoms with E-state index in [1.807, 2.05) is 0 Å². The number of alkyl halides is 3. The second-order valence-corrected chi connectivity index (χ2v) is 5.49. The molecule has 0 aliphatic heterocycles. The Morgan fingerprint density at radius 3 is 2.55 bits per heavy atom. The lowest BCUT2D eigenvalue weighted by molar-refractivity contribution is -0.137. The van der Waals surface area contributed by atoms with Gasteiger partial charge in [-0.05, 0) is 18.2 Å². The fraction of sp³-hybridized carbons (Fsp3) is 0.364. The van der Waals surface area contributed by atoms with Gasteiger partial charge in [-0.15, -0.1) is 0 Å². The number of halogens is 3. The molecule has 0 aromatic heterocycles. The van der Waals surface area contributed by atoms with E-state index < -0.39 is 28.4 Å². The van der Waals surface area contributed by atoms with Gasteiger partial charge in [0.1, 0.15) is 0 Å². The zero-order chi connectivity index (χ0) is 15.3. The SMILES string of the molecule is CS(=O)CCNC(=O)c1cc(C(F)(F)F)ccc1NN. The van der Waals surface area contributed by atoms with E-state index in [2.05, 4.69) is 10.7 Å². The predicted octanol–water partition coefficient (Wildman–Crippen LogP) is 1.10. The number of hydrazine groups is 1. The minimum Gasteiger partial charge on any atom is -0.351 e. The quantitative estimate of drug-likeness (QED) is 0.562. The molecule has 0 heterocycles. The van der Waals surface area contributed by atoms with E-state index in [9.17, 15) is 22.2 Å². The number of anilines is 1. The van der Waals surface area contributed by atoms with Gasteiger partial charge in [0.15, 0.2) is 0 Å². The van der Waals surface area contributed by atoms with Crippen LogP contribution in [0.3, 0.4) is 0 Å². The summed E-state index contributed by atoms with van der Waals surface area (Å²) >= 11 is 0. The zero-order valence-corrected chi connectivity index (χ0v) is 11.4. The first-order valence-electron chi connectivity index (χ1n) is 5.51. The highest BCUT2D eigenvalue weighted by atomic mass is 32.2. The molecule has 4 N–H and O–H groups in total. The van der Waals surface area contributed by atoms with Crippen molar-refractivity contribution in [2.24, 2.45) is 5.84 Å². The molecule has 1 unspecified atom stereocenters. The van der Waals surface area contributed by atoms with E-state index in [-0.39, 0.29) is 23.5 Å². The van der Waals surface area contributed by atoms with Gasteiger partial charge < -0.3 is 10.7 Å². The summed E-state index contributed by atoms with van der Waals surface area (Å²) in [4.78, 5) is 11.8. The van der Waals surface area contributed by atoms with Crippen molar-refractivity contribution in [2.75, 3.05) is 24.0 Å². The lowest BCUT2D eigenvalue weighted by atomic mass is 10.1. The molecule has 1 rings (SSSR count). The van der Waals surface area contributed by atoms with Crippen molar-refractivity contribution in [2.45, 2.75) is 6.18 Å². The number of nitrogens with two attached hydrogens (primary N) is 1. The maximum absolute atomic E-state index is 12.6. The van der Waals surface area contributed by atoms with E-state index in [1.165, 1.54) is 6.26 Å². The second kappa shape index (κ2) is 6.71. The molecule has 1 aromatic rings. The molecular formula is C11H14F3N3O2S. The third kappa shape index (κ3) is 4.49. The summed E-state index contributed by atoms with van der Waals surface area (Å²) in [7, 11) is -1.10. The van der Waals surface area contributed by atoms with Crippen LogP contribution in [0.1, 0.15) is 15.9 Å². The fourth-order valence-corrected chi connectivity index (χ4v) is 1.83. The average Bonchev–Trinajstić information content (AvgIpc) is 2.36. The van der Waals surface area contributed by atoms with Gasteiger partial charge in [0.05, 0.1) is 16.8 Å². The van der Waals surface area contributed by atoms with E-state index in [0.717, 1.165) is 12.1 Å². The molecule has 9 heteroatoms. The van der Waals surface area contributed by atoms with Crippen LogP contribution in [0.4, 0.5) is 18.9 Å². The van der Waals surface area contributed by atoms with Crippen molar-refractivity contribution in [3.05, 3.63) is 29.3 Å². The van der Waals surface area contributed by atoms with Crippen LogP contribution in [0, 0.1) is 0 Å². The molecule has 0 spiro atoms. The minimum atomic E-state index is -4.55. The normalized spacial score (nSPS) is 12.8. The standard InChI is InChI=1S/C11H14F3N3O2S/c1-20(19)5-4-16-10(18)8-6-7(11(12,13)14)2-3-9(8)17-15/h2-3,6,17H,4-5,15H2,1H3,(H,16,18). The molecule has 1 aromatic carbocycles. The molecule has 0 aliphatic carbocycles. The van der Waals surface area contributed by atoms with Crippen LogP contribution in [0.5, 0.6) is 0 Å². The van der Waals surface area contributed by atoms with Crippen molar-refractivity contribution in [1.29, 1.82) is 0 Å². The number of hydrogen-bond acceptors (Lipinski definition) is 4. The predicted molar refractivity (Wildman–Crippen MR) is 70.5 cm³/mol. The number of hydrogen-bond donors (Lipinski definition) is 3. The smallest absolute Gasteiger partial charge is 0.351 e. The molecule has 1 amide bonds. The van der Waals surface area contributed by atoms with E-state index >= 15 is 0 Å². The van der Waals surface area contributed by atoms with E-state index in [1.54, 1.807) is 0 Å². The average molecular weight is 309 g/mol. The highest BCUT2D eigenvalue weighted by molar-refractivity contribution is 7.84. The van der Waals surface area contributed by atoms with Crippen LogP contribution in [0.25, 0.3) is 0 Å². The van der Waals surface area contributed by atoms with Gasteiger partial charge in [-0.25, -0.2) is 0 Å². The number of carbonyl (C=O) groups is 1.